The molecule has 1 aromatic heterocycles. The summed E-state index contributed by atoms with van der Waals surface area (Å²) in [5.41, 5.74) is 3.18. The van der Waals surface area contributed by atoms with Crippen LogP contribution in [0.4, 0.5) is 5.69 Å². The first-order chi connectivity index (χ1) is 15.5. The van der Waals surface area contributed by atoms with Gasteiger partial charge in [-0.05, 0) is 42.8 Å². The average molecular weight is 465 g/mol. The second-order valence-corrected chi connectivity index (χ2v) is 8.81. The maximum Gasteiger partial charge on any atom is 0.102 e. The highest BCUT2D eigenvalue weighted by Crippen LogP contribution is 2.36. The molecule has 0 amide bonds. The SMILES string of the molecule is CC(CN1CCN(c2ccc(C#N)cc2Cl)[C@H](c2ccc(Cl)cc2)C1)n1cc(C#N)cn1. The molecule has 162 valence electrons. The minimum absolute atomic E-state index is 0.0749. The van der Waals surface area contributed by atoms with E-state index in [9.17, 15) is 5.26 Å². The van der Waals surface area contributed by atoms with Gasteiger partial charge in [-0.3, -0.25) is 9.58 Å². The van der Waals surface area contributed by atoms with Crippen LogP contribution >= 0.6 is 23.2 Å². The Kier molecular flexibility index (Phi) is 6.67. The van der Waals surface area contributed by atoms with Crippen molar-refractivity contribution < 1.29 is 0 Å². The maximum absolute atomic E-state index is 9.18. The van der Waals surface area contributed by atoms with Crippen LogP contribution in [0.2, 0.25) is 10.0 Å². The van der Waals surface area contributed by atoms with Gasteiger partial charge in [0.1, 0.15) is 6.07 Å². The lowest BCUT2D eigenvalue weighted by atomic mass is 10.0. The van der Waals surface area contributed by atoms with Crippen molar-refractivity contribution in [2.75, 3.05) is 31.1 Å². The van der Waals surface area contributed by atoms with E-state index in [1.165, 1.54) is 0 Å². The minimum atomic E-state index is 0.0749. The van der Waals surface area contributed by atoms with Gasteiger partial charge < -0.3 is 4.90 Å². The number of rotatable bonds is 5. The van der Waals surface area contributed by atoms with Crippen LogP contribution in [-0.2, 0) is 0 Å². The molecule has 0 N–H and O–H groups in total. The molecule has 6 nitrogen and oxygen atoms in total. The Labute approximate surface area is 197 Å². The van der Waals surface area contributed by atoms with E-state index in [4.69, 9.17) is 28.5 Å². The maximum atomic E-state index is 9.18. The third-order valence-electron chi connectivity index (χ3n) is 5.81. The number of benzene rings is 2. The second-order valence-electron chi connectivity index (χ2n) is 7.97. The van der Waals surface area contributed by atoms with Crippen LogP contribution in [0, 0.1) is 22.7 Å². The van der Waals surface area contributed by atoms with Gasteiger partial charge >= 0.3 is 0 Å². The molecule has 2 aromatic carbocycles. The quantitative estimate of drug-likeness (QED) is 0.527. The van der Waals surface area contributed by atoms with Crippen LogP contribution in [0.15, 0.2) is 54.9 Å². The van der Waals surface area contributed by atoms with Crippen molar-refractivity contribution in [2.24, 2.45) is 0 Å². The topological polar surface area (TPSA) is 71.9 Å². The van der Waals surface area contributed by atoms with Crippen LogP contribution in [-0.4, -0.2) is 40.9 Å². The molecule has 8 heteroatoms. The van der Waals surface area contributed by atoms with Crippen LogP contribution in [0.1, 0.15) is 35.7 Å². The Bertz CT molecular complexity index is 1170. The number of nitrogens with zero attached hydrogens (tertiary/aromatic N) is 6. The van der Waals surface area contributed by atoms with E-state index in [1.54, 1.807) is 24.5 Å². The second kappa shape index (κ2) is 9.63. The summed E-state index contributed by atoms with van der Waals surface area (Å²) in [7, 11) is 0. The van der Waals surface area contributed by atoms with Gasteiger partial charge in [0.15, 0.2) is 0 Å². The minimum Gasteiger partial charge on any atom is -0.361 e. The van der Waals surface area contributed by atoms with Gasteiger partial charge in [-0.1, -0.05) is 35.3 Å². The molecular weight excluding hydrogens is 443 g/mol. The van der Waals surface area contributed by atoms with E-state index in [0.29, 0.717) is 21.2 Å². The summed E-state index contributed by atoms with van der Waals surface area (Å²) in [6, 6.07) is 17.8. The first-order valence-electron chi connectivity index (χ1n) is 10.4. The third-order valence-corrected chi connectivity index (χ3v) is 6.36. The molecule has 0 radical (unpaired) electrons. The van der Waals surface area contributed by atoms with Crippen LogP contribution in [0.3, 0.4) is 0 Å². The van der Waals surface area contributed by atoms with Crippen molar-refractivity contribution in [1.29, 1.82) is 10.5 Å². The first-order valence-corrected chi connectivity index (χ1v) is 11.1. The molecule has 4 rings (SSSR count). The highest BCUT2D eigenvalue weighted by atomic mass is 35.5. The van der Waals surface area contributed by atoms with Gasteiger partial charge in [-0.15, -0.1) is 0 Å². The van der Waals surface area contributed by atoms with E-state index in [1.807, 2.05) is 22.9 Å². The molecule has 0 bridgehead atoms. The van der Waals surface area contributed by atoms with E-state index in [-0.39, 0.29) is 12.1 Å². The zero-order chi connectivity index (χ0) is 22.7. The first kappa shape index (κ1) is 22.2. The summed E-state index contributed by atoms with van der Waals surface area (Å²) in [6.07, 6.45) is 3.38. The number of hydrogen-bond acceptors (Lipinski definition) is 5. The smallest absolute Gasteiger partial charge is 0.102 e. The number of piperazine rings is 1. The van der Waals surface area contributed by atoms with Gasteiger partial charge in [0.2, 0.25) is 0 Å². The normalized spacial score (nSPS) is 17.5. The Morgan fingerprint density at radius 3 is 2.47 bits per heavy atom. The predicted molar refractivity (Wildman–Crippen MR) is 126 cm³/mol. The molecule has 1 saturated heterocycles. The molecule has 32 heavy (non-hydrogen) atoms. The number of anilines is 1. The summed E-state index contributed by atoms with van der Waals surface area (Å²) in [5.74, 6) is 0. The Hall–Kier alpha value is -3.03. The van der Waals surface area contributed by atoms with Crippen molar-refractivity contribution >= 4 is 28.9 Å². The fourth-order valence-electron chi connectivity index (χ4n) is 4.17. The van der Waals surface area contributed by atoms with E-state index in [0.717, 1.165) is 37.4 Å². The van der Waals surface area contributed by atoms with E-state index >= 15 is 0 Å². The molecule has 1 unspecified atom stereocenters. The zero-order valence-electron chi connectivity index (χ0n) is 17.6. The fraction of sp³-hybridized carbons (Fsp3) is 0.292. The molecule has 3 aromatic rings. The number of halogens is 2. The van der Waals surface area contributed by atoms with Gasteiger partial charge in [-0.2, -0.15) is 15.6 Å². The van der Waals surface area contributed by atoms with Crippen LogP contribution < -0.4 is 4.90 Å². The van der Waals surface area contributed by atoms with Crippen molar-refractivity contribution in [3.05, 3.63) is 81.6 Å². The largest absolute Gasteiger partial charge is 0.361 e. The lowest BCUT2D eigenvalue weighted by Crippen LogP contribution is -2.49. The number of aromatic nitrogens is 2. The van der Waals surface area contributed by atoms with Crippen LogP contribution in [0.25, 0.3) is 0 Å². The Morgan fingerprint density at radius 1 is 1.06 bits per heavy atom. The fourth-order valence-corrected chi connectivity index (χ4v) is 4.58. The van der Waals surface area contributed by atoms with E-state index < -0.39 is 0 Å². The molecule has 0 saturated carbocycles. The summed E-state index contributed by atoms with van der Waals surface area (Å²) < 4.78 is 1.85. The molecule has 2 heterocycles. The lowest BCUT2D eigenvalue weighted by Gasteiger charge is -2.44. The average Bonchev–Trinajstić information content (AvgIpc) is 3.29. The zero-order valence-corrected chi connectivity index (χ0v) is 19.1. The van der Waals surface area contributed by atoms with Crippen molar-refractivity contribution in [3.63, 3.8) is 0 Å². The summed E-state index contributed by atoms with van der Waals surface area (Å²) >= 11 is 12.7. The molecule has 2 atom stereocenters. The molecule has 1 aliphatic rings. The summed E-state index contributed by atoms with van der Waals surface area (Å²) in [5, 5.41) is 23.9. The monoisotopic (exact) mass is 464 g/mol. The summed E-state index contributed by atoms with van der Waals surface area (Å²) in [6.45, 7) is 5.36. The molecular formula is C24H22Cl2N6. The van der Waals surface area contributed by atoms with Crippen molar-refractivity contribution in [3.8, 4) is 12.1 Å². The lowest BCUT2D eigenvalue weighted by molar-refractivity contribution is 0.193. The van der Waals surface area contributed by atoms with Crippen molar-refractivity contribution in [2.45, 2.75) is 19.0 Å². The highest BCUT2D eigenvalue weighted by molar-refractivity contribution is 6.33. The van der Waals surface area contributed by atoms with Gasteiger partial charge in [0, 0.05) is 37.4 Å². The molecule has 1 aliphatic heterocycles. The highest BCUT2D eigenvalue weighted by Gasteiger charge is 2.30. The predicted octanol–water partition coefficient (Wildman–Crippen LogP) is 5.06. The summed E-state index contributed by atoms with van der Waals surface area (Å²) in [4.78, 5) is 4.71. The Balaban J connectivity index is 1.59. The number of hydrogen-bond donors (Lipinski definition) is 0. The Morgan fingerprint density at radius 2 is 1.81 bits per heavy atom. The van der Waals surface area contributed by atoms with Crippen LogP contribution in [0.5, 0.6) is 0 Å². The standard InChI is InChI=1S/C24H22Cl2N6/c1-17(32-15-19(12-28)13-29-32)14-30-8-9-31(23-7-2-18(11-27)10-22(23)26)24(16-30)20-3-5-21(25)6-4-20/h2-7,10,13,15,17,24H,8-9,14,16H2,1H3/t17?,24-/m0/s1. The van der Waals surface area contributed by atoms with Gasteiger partial charge in [0.25, 0.3) is 0 Å². The van der Waals surface area contributed by atoms with Gasteiger partial charge in [0.05, 0.1) is 46.2 Å². The molecule has 0 spiro atoms. The molecule has 1 fully saturated rings. The number of nitriles is 2. The third kappa shape index (κ3) is 4.74. The molecule has 0 aliphatic carbocycles. The van der Waals surface area contributed by atoms with Crippen molar-refractivity contribution in [1.82, 2.24) is 14.7 Å². The van der Waals surface area contributed by atoms with E-state index in [2.05, 4.69) is 46.1 Å². The van der Waals surface area contributed by atoms with Gasteiger partial charge in [-0.25, -0.2) is 0 Å².